The molecule has 0 bridgehead atoms. The summed E-state index contributed by atoms with van der Waals surface area (Å²) >= 11 is 6.22. The van der Waals surface area contributed by atoms with Crippen molar-refractivity contribution in [3.8, 4) is 0 Å². The van der Waals surface area contributed by atoms with Gasteiger partial charge in [-0.2, -0.15) is 10.2 Å². The lowest BCUT2D eigenvalue weighted by molar-refractivity contribution is 0.171. The quantitative estimate of drug-likeness (QED) is 0.653. The fourth-order valence-corrected chi connectivity index (χ4v) is 4.14. The van der Waals surface area contributed by atoms with Crippen LogP contribution in [0.1, 0.15) is 23.7 Å². The van der Waals surface area contributed by atoms with E-state index in [-0.39, 0.29) is 17.5 Å². The van der Waals surface area contributed by atoms with Gasteiger partial charge in [-0.25, -0.2) is 23.3 Å². The molecule has 8 nitrogen and oxygen atoms in total. The van der Waals surface area contributed by atoms with Crippen LogP contribution in [0.3, 0.4) is 0 Å². The Bertz CT molecular complexity index is 683. The number of methoxy groups -OCH3 is 1. The van der Waals surface area contributed by atoms with Gasteiger partial charge in [0, 0.05) is 0 Å². The topological polar surface area (TPSA) is 103 Å². The van der Waals surface area contributed by atoms with Gasteiger partial charge in [0.1, 0.15) is 5.15 Å². The van der Waals surface area contributed by atoms with Crippen molar-refractivity contribution in [1.29, 1.82) is 0 Å². The van der Waals surface area contributed by atoms with E-state index in [9.17, 15) is 13.2 Å². The predicted molar refractivity (Wildman–Crippen MR) is 77.4 cm³/mol. The number of ether oxygens (including phenoxy) is 1. The molecule has 0 aliphatic carbocycles. The van der Waals surface area contributed by atoms with Crippen molar-refractivity contribution in [2.24, 2.45) is 5.10 Å². The summed E-state index contributed by atoms with van der Waals surface area (Å²) in [5.74, 6) is 0.172. The van der Waals surface area contributed by atoms with E-state index in [0.717, 1.165) is 0 Å². The van der Waals surface area contributed by atoms with Gasteiger partial charge >= 0.3 is 6.09 Å². The number of nitrogens with zero attached hydrogens (tertiary/aromatic N) is 3. The van der Waals surface area contributed by atoms with Crippen molar-refractivity contribution in [1.82, 2.24) is 15.2 Å². The third kappa shape index (κ3) is 3.53. The lowest BCUT2D eigenvalue weighted by Crippen LogP contribution is -2.16. The Morgan fingerprint density at radius 2 is 2.33 bits per heavy atom. The van der Waals surface area contributed by atoms with Crippen molar-refractivity contribution in [3.63, 3.8) is 0 Å². The summed E-state index contributed by atoms with van der Waals surface area (Å²) in [4.78, 5) is 10.9. The summed E-state index contributed by atoms with van der Waals surface area (Å²) in [7, 11) is -1.80. The Labute approximate surface area is 127 Å². The number of hydrazone groups is 1. The van der Waals surface area contributed by atoms with E-state index in [1.807, 2.05) is 0 Å². The summed E-state index contributed by atoms with van der Waals surface area (Å²) in [5, 5.41) is 8.25. The molecular formula is C11H15ClN4O4S. The maximum Gasteiger partial charge on any atom is 0.427 e. The minimum atomic E-state index is -3.02. The largest absolute Gasteiger partial charge is 0.452 e. The van der Waals surface area contributed by atoms with Gasteiger partial charge in [0.2, 0.25) is 0 Å². The lowest BCUT2D eigenvalue weighted by atomic mass is 10.2. The molecule has 2 heterocycles. The Morgan fingerprint density at radius 1 is 1.62 bits per heavy atom. The highest BCUT2D eigenvalue weighted by Crippen LogP contribution is 2.29. The van der Waals surface area contributed by atoms with E-state index >= 15 is 0 Å². The molecule has 0 unspecified atom stereocenters. The highest BCUT2D eigenvalue weighted by molar-refractivity contribution is 7.91. The molecule has 1 aromatic heterocycles. The monoisotopic (exact) mass is 334 g/mol. The van der Waals surface area contributed by atoms with Crippen LogP contribution in [0.15, 0.2) is 5.10 Å². The minimum absolute atomic E-state index is 0.0326. The number of aromatic nitrogens is 2. The molecule has 0 radical (unpaired) electrons. The zero-order valence-electron chi connectivity index (χ0n) is 11.5. The minimum Gasteiger partial charge on any atom is -0.452 e. The molecule has 0 aromatic carbocycles. The summed E-state index contributed by atoms with van der Waals surface area (Å²) in [6, 6.07) is -0.267. The average Bonchev–Trinajstić information content (AvgIpc) is 2.91. The van der Waals surface area contributed by atoms with Gasteiger partial charge in [0.05, 0.1) is 42.1 Å². The van der Waals surface area contributed by atoms with Crippen molar-refractivity contribution < 1.29 is 17.9 Å². The molecule has 1 aliphatic heterocycles. The third-order valence-electron chi connectivity index (χ3n) is 3.16. The number of hydrogen-bond donors (Lipinski definition) is 1. The molecule has 1 aliphatic rings. The number of hydrogen-bond acceptors (Lipinski definition) is 6. The van der Waals surface area contributed by atoms with E-state index in [1.54, 1.807) is 6.92 Å². The number of sulfone groups is 1. The zero-order valence-corrected chi connectivity index (χ0v) is 13.1. The zero-order chi connectivity index (χ0) is 15.6. The molecule has 10 heteroatoms. The SMILES string of the molecule is COC(=O)N/N=C\c1c(C)nn([C@@H]2CCS(=O)(=O)C2)c1Cl. The number of nitrogens with one attached hydrogen (secondary N) is 1. The summed E-state index contributed by atoms with van der Waals surface area (Å²) < 4.78 is 28.9. The van der Waals surface area contributed by atoms with Gasteiger partial charge in [-0.1, -0.05) is 11.6 Å². The molecule has 1 aromatic rings. The number of rotatable bonds is 3. The Kier molecular flexibility index (Phi) is 4.52. The second-order valence-corrected chi connectivity index (χ2v) is 7.24. The fourth-order valence-electron chi connectivity index (χ4n) is 2.08. The molecule has 1 N–H and O–H groups in total. The van der Waals surface area contributed by atoms with Crippen molar-refractivity contribution in [3.05, 3.63) is 16.4 Å². The molecule has 1 atom stereocenters. The molecule has 1 amide bonds. The third-order valence-corrected chi connectivity index (χ3v) is 5.29. The normalized spacial score (nSPS) is 20.8. The number of carbonyl (C=O) groups is 1. The van der Waals surface area contributed by atoms with E-state index in [2.05, 4.69) is 20.4 Å². The van der Waals surface area contributed by atoms with E-state index in [0.29, 0.717) is 22.8 Å². The van der Waals surface area contributed by atoms with Gasteiger partial charge in [-0.05, 0) is 13.3 Å². The van der Waals surface area contributed by atoms with Crippen LogP contribution in [0, 0.1) is 6.92 Å². The first-order valence-corrected chi connectivity index (χ1v) is 8.36. The van der Waals surface area contributed by atoms with Gasteiger partial charge < -0.3 is 4.74 Å². The van der Waals surface area contributed by atoms with Gasteiger partial charge in [-0.15, -0.1) is 0 Å². The van der Waals surface area contributed by atoms with E-state index < -0.39 is 15.9 Å². The number of aryl methyl sites for hydroxylation is 1. The van der Waals surface area contributed by atoms with Crippen LogP contribution >= 0.6 is 11.6 Å². The van der Waals surface area contributed by atoms with E-state index in [4.69, 9.17) is 11.6 Å². The first-order valence-electron chi connectivity index (χ1n) is 6.16. The summed E-state index contributed by atoms with van der Waals surface area (Å²) in [5.41, 5.74) is 3.27. The molecule has 0 spiro atoms. The molecule has 21 heavy (non-hydrogen) atoms. The van der Waals surface area contributed by atoms with Crippen LogP contribution in [0.2, 0.25) is 5.15 Å². The molecule has 0 saturated carbocycles. The Morgan fingerprint density at radius 3 is 2.90 bits per heavy atom. The predicted octanol–water partition coefficient (Wildman–Crippen LogP) is 0.894. The molecule has 2 rings (SSSR count). The van der Waals surface area contributed by atoms with E-state index in [1.165, 1.54) is 18.0 Å². The molecule has 1 fully saturated rings. The second kappa shape index (κ2) is 6.02. The smallest absolute Gasteiger partial charge is 0.427 e. The summed E-state index contributed by atoms with van der Waals surface area (Å²) in [6.07, 6.45) is 1.14. The standard InChI is InChI=1S/C11H15ClN4O4S/c1-7-9(5-13-14-11(17)20-2)10(12)16(15-7)8-3-4-21(18,19)6-8/h5,8H,3-4,6H2,1-2H3,(H,14,17)/b13-5-/t8-/m1/s1. The van der Waals surface area contributed by atoms with Crippen molar-refractivity contribution >= 4 is 33.7 Å². The molecule has 116 valence electrons. The molecular weight excluding hydrogens is 320 g/mol. The highest BCUT2D eigenvalue weighted by atomic mass is 35.5. The fraction of sp³-hybridized carbons (Fsp3) is 0.545. The van der Waals surface area contributed by atoms with Gasteiger partial charge in [-0.3, -0.25) is 0 Å². The highest BCUT2D eigenvalue weighted by Gasteiger charge is 2.31. The Balaban J connectivity index is 2.20. The lowest BCUT2D eigenvalue weighted by Gasteiger charge is -2.09. The van der Waals surface area contributed by atoms with Crippen molar-refractivity contribution in [2.75, 3.05) is 18.6 Å². The van der Waals surface area contributed by atoms with Crippen molar-refractivity contribution in [2.45, 2.75) is 19.4 Å². The molecule has 1 saturated heterocycles. The Hall–Kier alpha value is -1.61. The first-order chi connectivity index (χ1) is 9.84. The van der Waals surface area contributed by atoms with Crippen LogP contribution < -0.4 is 5.43 Å². The number of carbonyl (C=O) groups excluding carboxylic acids is 1. The van der Waals surface area contributed by atoms with Gasteiger partial charge in [0.25, 0.3) is 0 Å². The summed E-state index contributed by atoms with van der Waals surface area (Å²) in [6.45, 7) is 1.73. The van der Waals surface area contributed by atoms with Crippen LogP contribution in [-0.2, 0) is 14.6 Å². The number of halogens is 1. The van der Waals surface area contributed by atoms with Gasteiger partial charge in [0.15, 0.2) is 9.84 Å². The van der Waals surface area contributed by atoms with Crippen LogP contribution in [0.4, 0.5) is 4.79 Å². The maximum atomic E-state index is 11.5. The van der Waals surface area contributed by atoms with Crippen LogP contribution in [0.5, 0.6) is 0 Å². The first kappa shape index (κ1) is 15.8. The van der Waals surface area contributed by atoms with Crippen LogP contribution in [-0.4, -0.2) is 49.1 Å². The van der Waals surface area contributed by atoms with Crippen LogP contribution in [0.25, 0.3) is 0 Å². The number of amides is 1. The maximum absolute atomic E-state index is 11.5. The average molecular weight is 335 g/mol. The second-order valence-electron chi connectivity index (χ2n) is 4.65.